The number of pyridine rings is 1. The lowest BCUT2D eigenvalue weighted by Gasteiger charge is -2.11. The third-order valence-corrected chi connectivity index (χ3v) is 3.15. The number of aliphatic hydroxyl groups is 1. The fraction of sp³-hybridized carbons (Fsp3) is 0.250. The first kappa shape index (κ1) is 14.3. The van der Waals surface area contributed by atoms with E-state index < -0.39 is 0 Å². The zero-order valence-corrected chi connectivity index (χ0v) is 12.2. The number of nitrogens with zero attached hydrogens (tertiary/aromatic N) is 2. The first-order valence-corrected chi connectivity index (χ1v) is 7.12. The van der Waals surface area contributed by atoms with Gasteiger partial charge in [-0.25, -0.2) is 4.98 Å². The van der Waals surface area contributed by atoms with Gasteiger partial charge in [0.25, 0.3) is 0 Å². The molecule has 0 atom stereocenters. The third kappa shape index (κ3) is 2.87. The Kier molecular flexibility index (Phi) is 4.20. The van der Waals surface area contributed by atoms with Gasteiger partial charge in [0.1, 0.15) is 29.4 Å². The summed E-state index contributed by atoms with van der Waals surface area (Å²) in [6.45, 7) is 2.66. The summed E-state index contributed by atoms with van der Waals surface area (Å²) in [7, 11) is 0. The Balaban J connectivity index is 2.03. The zero-order chi connectivity index (χ0) is 15.4. The SMILES string of the molecule is CCOc1ccc(-c2nc3cnccc3[nH]2)c(OCCO)c1. The third-order valence-electron chi connectivity index (χ3n) is 3.15. The molecule has 2 N–H and O–H groups in total. The quantitative estimate of drug-likeness (QED) is 0.730. The summed E-state index contributed by atoms with van der Waals surface area (Å²) in [5, 5.41) is 8.99. The molecule has 2 aromatic heterocycles. The molecule has 0 aliphatic heterocycles. The average Bonchev–Trinajstić information content (AvgIpc) is 2.97. The molecule has 1 aromatic carbocycles. The van der Waals surface area contributed by atoms with Gasteiger partial charge in [0, 0.05) is 12.3 Å². The zero-order valence-electron chi connectivity index (χ0n) is 12.2. The Morgan fingerprint density at radius 3 is 2.91 bits per heavy atom. The van der Waals surface area contributed by atoms with Gasteiger partial charge in [-0.15, -0.1) is 0 Å². The van der Waals surface area contributed by atoms with Crippen molar-refractivity contribution >= 4 is 11.0 Å². The van der Waals surface area contributed by atoms with E-state index in [4.69, 9.17) is 14.6 Å². The van der Waals surface area contributed by atoms with Crippen LogP contribution in [0.2, 0.25) is 0 Å². The number of hydrogen-bond acceptors (Lipinski definition) is 5. The van der Waals surface area contributed by atoms with Crippen molar-refractivity contribution in [3.8, 4) is 22.9 Å². The molecule has 0 aliphatic carbocycles. The molecule has 3 rings (SSSR count). The molecule has 0 spiro atoms. The van der Waals surface area contributed by atoms with E-state index in [-0.39, 0.29) is 13.2 Å². The molecule has 0 amide bonds. The molecule has 0 fully saturated rings. The molecule has 22 heavy (non-hydrogen) atoms. The van der Waals surface area contributed by atoms with Crippen LogP contribution in [0.15, 0.2) is 36.7 Å². The van der Waals surface area contributed by atoms with Gasteiger partial charge in [0.2, 0.25) is 0 Å². The maximum atomic E-state index is 8.99. The second-order valence-corrected chi connectivity index (χ2v) is 4.64. The molecule has 114 valence electrons. The minimum atomic E-state index is -0.0532. The topological polar surface area (TPSA) is 80.3 Å². The van der Waals surface area contributed by atoms with Gasteiger partial charge in [-0.05, 0) is 25.1 Å². The summed E-state index contributed by atoms with van der Waals surface area (Å²) in [4.78, 5) is 11.8. The van der Waals surface area contributed by atoms with E-state index in [2.05, 4.69) is 15.0 Å². The van der Waals surface area contributed by atoms with Crippen LogP contribution in [0.1, 0.15) is 6.92 Å². The van der Waals surface area contributed by atoms with Crippen molar-refractivity contribution in [3.05, 3.63) is 36.7 Å². The Morgan fingerprint density at radius 2 is 2.14 bits per heavy atom. The maximum Gasteiger partial charge on any atom is 0.142 e. The number of imidazole rings is 1. The van der Waals surface area contributed by atoms with Crippen LogP contribution in [-0.2, 0) is 0 Å². The Hall–Kier alpha value is -2.60. The Labute approximate surface area is 127 Å². The van der Waals surface area contributed by atoms with Crippen molar-refractivity contribution in [1.82, 2.24) is 15.0 Å². The molecule has 0 saturated heterocycles. The van der Waals surface area contributed by atoms with E-state index in [0.29, 0.717) is 18.2 Å². The highest BCUT2D eigenvalue weighted by Gasteiger charge is 2.12. The summed E-state index contributed by atoms with van der Waals surface area (Å²) in [5.41, 5.74) is 2.51. The molecule has 0 unspecified atom stereocenters. The Morgan fingerprint density at radius 1 is 1.23 bits per heavy atom. The molecular weight excluding hydrogens is 282 g/mol. The van der Waals surface area contributed by atoms with E-state index in [1.807, 2.05) is 25.1 Å². The van der Waals surface area contributed by atoms with Gasteiger partial charge in [0.15, 0.2) is 0 Å². The number of fused-ring (bicyclic) bond motifs is 1. The lowest BCUT2D eigenvalue weighted by Crippen LogP contribution is -2.03. The molecule has 6 nitrogen and oxygen atoms in total. The lowest BCUT2D eigenvalue weighted by molar-refractivity contribution is 0.201. The van der Waals surface area contributed by atoms with Gasteiger partial charge in [-0.2, -0.15) is 0 Å². The number of ether oxygens (including phenoxy) is 2. The van der Waals surface area contributed by atoms with Crippen LogP contribution in [0, 0.1) is 0 Å². The molecule has 2 heterocycles. The molecule has 0 aliphatic rings. The monoisotopic (exact) mass is 299 g/mol. The average molecular weight is 299 g/mol. The molecule has 0 saturated carbocycles. The fourth-order valence-corrected chi connectivity index (χ4v) is 2.21. The maximum absolute atomic E-state index is 8.99. The fourth-order valence-electron chi connectivity index (χ4n) is 2.21. The van der Waals surface area contributed by atoms with Gasteiger partial charge < -0.3 is 19.6 Å². The molecule has 6 heteroatoms. The number of H-pyrrole nitrogens is 1. The van der Waals surface area contributed by atoms with E-state index in [9.17, 15) is 0 Å². The summed E-state index contributed by atoms with van der Waals surface area (Å²) in [6, 6.07) is 7.44. The predicted molar refractivity (Wildman–Crippen MR) is 83.1 cm³/mol. The van der Waals surface area contributed by atoms with Crippen LogP contribution in [0.5, 0.6) is 11.5 Å². The van der Waals surface area contributed by atoms with Crippen molar-refractivity contribution < 1.29 is 14.6 Å². The normalized spacial score (nSPS) is 10.8. The van der Waals surface area contributed by atoms with Crippen LogP contribution in [0.4, 0.5) is 0 Å². The van der Waals surface area contributed by atoms with Crippen LogP contribution in [0.3, 0.4) is 0 Å². The van der Waals surface area contributed by atoms with E-state index in [1.165, 1.54) is 0 Å². The van der Waals surface area contributed by atoms with Crippen molar-refractivity contribution in [2.45, 2.75) is 6.92 Å². The number of aliphatic hydroxyl groups excluding tert-OH is 1. The van der Waals surface area contributed by atoms with Gasteiger partial charge in [0.05, 0.1) is 30.5 Å². The van der Waals surface area contributed by atoms with Crippen LogP contribution in [-0.4, -0.2) is 39.9 Å². The second kappa shape index (κ2) is 6.44. The smallest absolute Gasteiger partial charge is 0.142 e. The van der Waals surface area contributed by atoms with E-state index in [1.54, 1.807) is 18.5 Å². The van der Waals surface area contributed by atoms with Crippen molar-refractivity contribution in [3.63, 3.8) is 0 Å². The lowest BCUT2D eigenvalue weighted by atomic mass is 10.2. The first-order chi connectivity index (χ1) is 10.8. The van der Waals surface area contributed by atoms with Crippen molar-refractivity contribution in [2.75, 3.05) is 19.8 Å². The molecule has 0 radical (unpaired) electrons. The standard InChI is InChI=1S/C16H17N3O3/c1-2-21-11-3-4-12(15(9-11)22-8-7-20)16-18-13-5-6-17-10-14(13)19-16/h3-6,9-10,20H,2,7-8H2,1H3,(H,18,19). The highest BCUT2D eigenvalue weighted by molar-refractivity contribution is 5.80. The van der Waals surface area contributed by atoms with Crippen LogP contribution >= 0.6 is 0 Å². The number of aromatic amines is 1. The summed E-state index contributed by atoms with van der Waals surface area (Å²) < 4.78 is 11.1. The summed E-state index contributed by atoms with van der Waals surface area (Å²) in [5.74, 6) is 2.03. The van der Waals surface area contributed by atoms with E-state index in [0.717, 1.165) is 22.3 Å². The highest BCUT2D eigenvalue weighted by Crippen LogP contribution is 2.33. The number of benzene rings is 1. The summed E-state index contributed by atoms with van der Waals surface area (Å²) in [6.07, 6.45) is 3.42. The van der Waals surface area contributed by atoms with Crippen LogP contribution in [0.25, 0.3) is 22.4 Å². The minimum Gasteiger partial charge on any atom is -0.494 e. The number of hydrogen-bond donors (Lipinski definition) is 2. The molecule has 3 aromatic rings. The summed E-state index contributed by atoms with van der Waals surface area (Å²) >= 11 is 0. The number of nitrogens with one attached hydrogen (secondary N) is 1. The minimum absolute atomic E-state index is 0.0532. The second-order valence-electron chi connectivity index (χ2n) is 4.64. The first-order valence-electron chi connectivity index (χ1n) is 7.12. The van der Waals surface area contributed by atoms with E-state index >= 15 is 0 Å². The van der Waals surface area contributed by atoms with Crippen LogP contribution < -0.4 is 9.47 Å². The predicted octanol–water partition coefficient (Wildman–Crippen LogP) is 2.39. The molecule has 0 bridgehead atoms. The number of rotatable bonds is 6. The van der Waals surface area contributed by atoms with Gasteiger partial charge >= 0.3 is 0 Å². The number of aromatic nitrogens is 3. The highest BCUT2D eigenvalue weighted by atomic mass is 16.5. The largest absolute Gasteiger partial charge is 0.494 e. The van der Waals surface area contributed by atoms with Gasteiger partial charge in [-0.3, -0.25) is 4.98 Å². The van der Waals surface area contributed by atoms with Crippen molar-refractivity contribution in [2.24, 2.45) is 0 Å². The van der Waals surface area contributed by atoms with Gasteiger partial charge in [-0.1, -0.05) is 0 Å². The molecular formula is C16H17N3O3. The Bertz CT molecular complexity index is 737. The van der Waals surface area contributed by atoms with Crippen molar-refractivity contribution in [1.29, 1.82) is 0 Å².